The van der Waals surface area contributed by atoms with E-state index in [1.54, 1.807) is 11.5 Å². The molecule has 2 amide bonds. The summed E-state index contributed by atoms with van der Waals surface area (Å²) in [5.41, 5.74) is 3.58. The number of carbonyl (C=O) groups excluding carboxylic acids is 2. The second-order valence-corrected chi connectivity index (χ2v) is 5.78. The zero-order chi connectivity index (χ0) is 15.5. The number of fused-ring (bicyclic) bond motifs is 1. The van der Waals surface area contributed by atoms with Gasteiger partial charge in [-0.1, -0.05) is 6.07 Å². The lowest BCUT2D eigenvalue weighted by atomic mass is 9.95. The molecule has 3 heterocycles. The molecule has 0 spiro atoms. The summed E-state index contributed by atoms with van der Waals surface area (Å²) in [7, 11) is 0. The largest absolute Gasteiger partial charge is 0.338 e. The Bertz CT molecular complexity index is 584. The fraction of sp³-hybridized carbons (Fsp3) is 0.533. The van der Waals surface area contributed by atoms with E-state index in [1.807, 2.05) is 11.0 Å². The Morgan fingerprint density at radius 2 is 2.09 bits per heavy atom. The third-order valence-electron chi connectivity index (χ3n) is 4.38. The molecule has 3 N–H and O–H groups in total. The van der Waals surface area contributed by atoms with Crippen LogP contribution in [-0.4, -0.2) is 46.5 Å². The maximum Gasteiger partial charge on any atom is 0.293 e. The third kappa shape index (κ3) is 2.95. The average Bonchev–Trinajstić information content (AvgIpc) is 2.60. The van der Waals surface area contributed by atoms with Crippen LogP contribution in [0.1, 0.15) is 34.6 Å². The van der Waals surface area contributed by atoms with E-state index >= 15 is 0 Å². The molecule has 1 aromatic heterocycles. The first kappa shape index (κ1) is 14.9. The van der Waals surface area contributed by atoms with Crippen molar-refractivity contribution in [3.05, 3.63) is 29.1 Å². The van der Waals surface area contributed by atoms with Crippen molar-refractivity contribution in [3.8, 4) is 0 Å². The van der Waals surface area contributed by atoms with Crippen LogP contribution in [0, 0.1) is 5.92 Å². The van der Waals surface area contributed by atoms with E-state index in [1.165, 1.54) is 0 Å². The molecule has 0 atom stereocenters. The summed E-state index contributed by atoms with van der Waals surface area (Å²) in [4.78, 5) is 30.1. The van der Waals surface area contributed by atoms with E-state index in [4.69, 9.17) is 5.21 Å². The molecule has 0 aliphatic carbocycles. The lowest BCUT2D eigenvalue weighted by Crippen LogP contribution is -2.43. The van der Waals surface area contributed by atoms with Crippen molar-refractivity contribution < 1.29 is 14.8 Å². The summed E-state index contributed by atoms with van der Waals surface area (Å²) in [6.45, 7) is 2.99. The molecule has 1 saturated heterocycles. The molecule has 2 aliphatic rings. The highest BCUT2D eigenvalue weighted by atomic mass is 16.5. The van der Waals surface area contributed by atoms with Crippen LogP contribution < -0.4 is 10.8 Å². The summed E-state index contributed by atoms with van der Waals surface area (Å²) < 4.78 is 0. The van der Waals surface area contributed by atoms with Crippen LogP contribution in [-0.2, 0) is 17.8 Å². The number of hydroxylamine groups is 1. The van der Waals surface area contributed by atoms with Crippen LogP contribution >= 0.6 is 0 Å². The van der Waals surface area contributed by atoms with E-state index in [9.17, 15) is 9.59 Å². The number of hydrogen-bond donors (Lipinski definition) is 3. The Morgan fingerprint density at radius 1 is 1.32 bits per heavy atom. The third-order valence-corrected chi connectivity index (χ3v) is 4.38. The minimum absolute atomic E-state index is 0.121. The van der Waals surface area contributed by atoms with Crippen molar-refractivity contribution in [3.63, 3.8) is 0 Å². The summed E-state index contributed by atoms with van der Waals surface area (Å²) in [6.07, 6.45) is 2.44. The fourth-order valence-corrected chi connectivity index (χ4v) is 3.12. The number of piperidine rings is 1. The molecule has 0 bridgehead atoms. The van der Waals surface area contributed by atoms with Gasteiger partial charge >= 0.3 is 0 Å². The van der Waals surface area contributed by atoms with Crippen LogP contribution in [0.15, 0.2) is 12.1 Å². The molecule has 1 aromatic rings. The van der Waals surface area contributed by atoms with Crippen molar-refractivity contribution in [1.29, 1.82) is 0 Å². The number of nitrogens with zero attached hydrogens (tertiary/aromatic N) is 2. The fourth-order valence-electron chi connectivity index (χ4n) is 3.12. The molecule has 7 heteroatoms. The Hall–Kier alpha value is -1.99. The molecule has 2 aliphatic heterocycles. The van der Waals surface area contributed by atoms with Gasteiger partial charge in [-0.05, 0) is 37.6 Å². The van der Waals surface area contributed by atoms with Gasteiger partial charge in [-0.3, -0.25) is 14.8 Å². The van der Waals surface area contributed by atoms with Gasteiger partial charge in [0.05, 0.1) is 0 Å². The summed E-state index contributed by atoms with van der Waals surface area (Å²) >= 11 is 0. The Kier molecular flexibility index (Phi) is 4.35. The zero-order valence-electron chi connectivity index (χ0n) is 12.3. The van der Waals surface area contributed by atoms with Gasteiger partial charge in [-0.2, -0.15) is 0 Å². The minimum Gasteiger partial charge on any atom is -0.338 e. The average molecular weight is 304 g/mol. The Balaban J connectivity index is 1.71. The highest BCUT2D eigenvalue weighted by Crippen LogP contribution is 2.22. The summed E-state index contributed by atoms with van der Waals surface area (Å²) in [5.74, 6) is -0.268. The van der Waals surface area contributed by atoms with Crippen molar-refractivity contribution >= 4 is 11.8 Å². The van der Waals surface area contributed by atoms with E-state index < -0.39 is 5.91 Å². The minimum atomic E-state index is -0.615. The smallest absolute Gasteiger partial charge is 0.293 e. The first-order chi connectivity index (χ1) is 10.7. The van der Waals surface area contributed by atoms with Gasteiger partial charge in [0.25, 0.3) is 5.91 Å². The molecule has 3 rings (SSSR count). The topological polar surface area (TPSA) is 94.6 Å². The number of pyridine rings is 1. The van der Waals surface area contributed by atoms with Gasteiger partial charge in [0, 0.05) is 31.1 Å². The molecule has 7 nitrogen and oxygen atoms in total. The second kappa shape index (κ2) is 6.41. The van der Waals surface area contributed by atoms with E-state index in [2.05, 4.69) is 10.3 Å². The number of amides is 2. The molecule has 0 radical (unpaired) electrons. The number of carbonyl (C=O) groups is 2. The number of hydrogen-bond acceptors (Lipinski definition) is 5. The van der Waals surface area contributed by atoms with Gasteiger partial charge in [-0.25, -0.2) is 10.5 Å². The van der Waals surface area contributed by atoms with E-state index in [0.717, 1.165) is 37.2 Å². The van der Waals surface area contributed by atoms with Crippen LogP contribution in [0.3, 0.4) is 0 Å². The van der Waals surface area contributed by atoms with Crippen molar-refractivity contribution in [2.24, 2.45) is 5.92 Å². The normalized spacial score (nSPS) is 18.7. The number of rotatable bonds is 2. The van der Waals surface area contributed by atoms with Gasteiger partial charge < -0.3 is 10.2 Å². The lowest BCUT2D eigenvalue weighted by Gasteiger charge is -2.33. The van der Waals surface area contributed by atoms with Gasteiger partial charge in [0.15, 0.2) is 0 Å². The molecular weight excluding hydrogens is 284 g/mol. The molecule has 0 aromatic carbocycles. The van der Waals surface area contributed by atoms with Crippen LogP contribution in [0.2, 0.25) is 0 Å². The van der Waals surface area contributed by atoms with Gasteiger partial charge in [-0.15, -0.1) is 0 Å². The molecule has 0 unspecified atom stereocenters. The van der Waals surface area contributed by atoms with Crippen molar-refractivity contribution in [2.45, 2.75) is 25.8 Å². The highest BCUT2D eigenvalue weighted by Gasteiger charge is 2.28. The first-order valence-electron chi connectivity index (χ1n) is 7.62. The summed E-state index contributed by atoms with van der Waals surface area (Å²) in [5, 5.41) is 11.9. The Labute approximate surface area is 128 Å². The monoisotopic (exact) mass is 304 g/mol. The standard InChI is InChI=1S/C15H20N4O3/c20-14(18-22)13-2-1-11-9-19(8-5-12(11)17-13)15(21)10-3-6-16-7-4-10/h1-2,10,16,22H,3-9H2,(H,18,20). The summed E-state index contributed by atoms with van der Waals surface area (Å²) in [6, 6.07) is 3.39. The molecule has 118 valence electrons. The predicted octanol–water partition coefficient (Wildman–Crippen LogP) is 0.0849. The maximum atomic E-state index is 12.6. The van der Waals surface area contributed by atoms with Crippen molar-refractivity contribution in [2.75, 3.05) is 19.6 Å². The SMILES string of the molecule is O=C(NO)c1ccc2c(n1)CCN(C(=O)C1CCNCC1)C2. The van der Waals surface area contributed by atoms with Crippen LogP contribution in [0.4, 0.5) is 0 Å². The van der Waals surface area contributed by atoms with Gasteiger partial charge in [0.1, 0.15) is 5.69 Å². The maximum absolute atomic E-state index is 12.6. The highest BCUT2D eigenvalue weighted by molar-refractivity contribution is 5.91. The van der Waals surface area contributed by atoms with E-state index in [0.29, 0.717) is 19.5 Å². The predicted molar refractivity (Wildman–Crippen MR) is 78.2 cm³/mol. The number of aromatic nitrogens is 1. The van der Waals surface area contributed by atoms with E-state index in [-0.39, 0.29) is 17.5 Å². The zero-order valence-corrected chi connectivity index (χ0v) is 12.3. The number of nitrogens with one attached hydrogen (secondary N) is 2. The van der Waals surface area contributed by atoms with Gasteiger partial charge in [0.2, 0.25) is 5.91 Å². The lowest BCUT2D eigenvalue weighted by molar-refractivity contribution is -0.137. The second-order valence-electron chi connectivity index (χ2n) is 5.78. The quantitative estimate of drug-likeness (QED) is 0.531. The Morgan fingerprint density at radius 3 is 2.82 bits per heavy atom. The van der Waals surface area contributed by atoms with Crippen LogP contribution in [0.5, 0.6) is 0 Å². The van der Waals surface area contributed by atoms with Crippen molar-refractivity contribution in [1.82, 2.24) is 20.7 Å². The molecule has 22 heavy (non-hydrogen) atoms. The molecular formula is C15H20N4O3. The van der Waals surface area contributed by atoms with Crippen LogP contribution in [0.25, 0.3) is 0 Å². The first-order valence-corrected chi connectivity index (χ1v) is 7.62. The molecule has 0 saturated carbocycles. The molecule has 1 fully saturated rings.